The van der Waals surface area contributed by atoms with Gasteiger partial charge < -0.3 is 9.72 Å². The molecule has 0 amide bonds. The second kappa shape index (κ2) is 5.67. The minimum absolute atomic E-state index is 0.0840. The van der Waals surface area contributed by atoms with Gasteiger partial charge in [0, 0.05) is 11.6 Å². The molecule has 0 aliphatic rings. The van der Waals surface area contributed by atoms with Crippen molar-refractivity contribution in [3.8, 4) is 11.5 Å². The first-order valence-electron chi connectivity index (χ1n) is 6.76. The smallest absolute Gasteiger partial charge is 0.251 e. The summed E-state index contributed by atoms with van der Waals surface area (Å²) in [6.07, 6.45) is 2.29. The van der Waals surface area contributed by atoms with Crippen LogP contribution in [0.25, 0.3) is 10.9 Å². The van der Waals surface area contributed by atoms with Crippen molar-refractivity contribution in [2.45, 2.75) is 6.42 Å². The van der Waals surface area contributed by atoms with Gasteiger partial charge in [-0.2, -0.15) is 0 Å². The van der Waals surface area contributed by atoms with E-state index < -0.39 is 0 Å². The zero-order chi connectivity index (χ0) is 14.7. The molecule has 0 saturated heterocycles. The highest BCUT2D eigenvalue weighted by molar-refractivity contribution is 5.80. The van der Waals surface area contributed by atoms with E-state index in [1.165, 1.54) is 0 Å². The minimum Gasteiger partial charge on any atom is -0.457 e. The topological polar surface area (TPSA) is 42.1 Å². The van der Waals surface area contributed by atoms with Gasteiger partial charge in [0.2, 0.25) is 0 Å². The van der Waals surface area contributed by atoms with Crippen LogP contribution in [-0.2, 0) is 6.42 Å². The molecular weight excluding hydrogens is 262 g/mol. The predicted molar refractivity (Wildman–Crippen MR) is 85.0 cm³/mol. The second-order valence-corrected chi connectivity index (χ2v) is 4.78. The largest absolute Gasteiger partial charge is 0.457 e. The molecule has 0 aliphatic carbocycles. The number of H-pyrrole nitrogens is 1. The van der Waals surface area contributed by atoms with Crippen molar-refractivity contribution in [2.24, 2.45) is 0 Å². The summed E-state index contributed by atoms with van der Waals surface area (Å²) in [6, 6.07) is 17.1. The van der Waals surface area contributed by atoms with Gasteiger partial charge in [-0.15, -0.1) is 6.58 Å². The van der Waals surface area contributed by atoms with E-state index in [1.54, 1.807) is 6.08 Å². The summed E-state index contributed by atoms with van der Waals surface area (Å²) < 4.78 is 5.77. The Morgan fingerprint density at radius 3 is 2.62 bits per heavy atom. The molecule has 1 N–H and O–H groups in total. The fourth-order valence-corrected chi connectivity index (χ4v) is 2.22. The van der Waals surface area contributed by atoms with Crippen LogP contribution in [0.5, 0.6) is 11.5 Å². The number of pyridine rings is 1. The van der Waals surface area contributed by atoms with Gasteiger partial charge in [0.05, 0.1) is 5.52 Å². The Labute approximate surface area is 122 Å². The zero-order valence-electron chi connectivity index (χ0n) is 11.5. The van der Waals surface area contributed by atoms with Crippen molar-refractivity contribution in [2.75, 3.05) is 0 Å². The van der Waals surface area contributed by atoms with Gasteiger partial charge in [0.25, 0.3) is 5.56 Å². The lowest BCUT2D eigenvalue weighted by molar-refractivity contribution is 0.483. The molecule has 1 heterocycles. The van der Waals surface area contributed by atoms with Gasteiger partial charge in [0.1, 0.15) is 11.5 Å². The summed E-state index contributed by atoms with van der Waals surface area (Å²) in [5.74, 6) is 1.46. The normalized spacial score (nSPS) is 10.5. The number of aromatic nitrogens is 1. The molecule has 104 valence electrons. The van der Waals surface area contributed by atoms with Crippen LogP contribution in [0, 0.1) is 0 Å². The average molecular weight is 277 g/mol. The maximum Gasteiger partial charge on any atom is 0.251 e. The van der Waals surface area contributed by atoms with E-state index in [2.05, 4.69) is 11.6 Å². The minimum atomic E-state index is -0.0840. The Kier molecular flexibility index (Phi) is 3.56. The second-order valence-electron chi connectivity index (χ2n) is 4.78. The van der Waals surface area contributed by atoms with E-state index >= 15 is 0 Å². The SMILES string of the molecule is C=CCc1cc2ccc(Oc3ccccc3)cc2[nH]c1=O. The molecule has 3 aromatic rings. The molecule has 0 radical (unpaired) electrons. The molecule has 0 unspecified atom stereocenters. The summed E-state index contributed by atoms with van der Waals surface area (Å²) in [6.45, 7) is 3.67. The lowest BCUT2D eigenvalue weighted by Gasteiger charge is -2.07. The first-order chi connectivity index (χ1) is 10.3. The molecule has 0 saturated carbocycles. The highest BCUT2D eigenvalue weighted by Gasteiger charge is 2.04. The lowest BCUT2D eigenvalue weighted by atomic mass is 10.1. The van der Waals surface area contributed by atoms with Gasteiger partial charge in [-0.3, -0.25) is 4.79 Å². The number of benzene rings is 2. The number of hydrogen-bond acceptors (Lipinski definition) is 2. The fraction of sp³-hybridized carbons (Fsp3) is 0.0556. The molecule has 0 bridgehead atoms. The molecule has 1 aromatic heterocycles. The molecule has 0 spiro atoms. The van der Waals surface area contributed by atoms with Gasteiger partial charge >= 0.3 is 0 Å². The average Bonchev–Trinajstić information content (AvgIpc) is 2.49. The summed E-state index contributed by atoms with van der Waals surface area (Å²) in [5.41, 5.74) is 1.40. The van der Waals surface area contributed by atoms with Crippen LogP contribution in [0.15, 0.2) is 72.0 Å². The van der Waals surface area contributed by atoms with Crippen molar-refractivity contribution in [3.05, 3.63) is 83.2 Å². The fourth-order valence-electron chi connectivity index (χ4n) is 2.22. The molecule has 21 heavy (non-hydrogen) atoms. The maximum atomic E-state index is 11.9. The van der Waals surface area contributed by atoms with E-state index in [4.69, 9.17) is 4.74 Å². The van der Waals surface area contributed by atoms with E-state index in [0.29, 0.717) is 17.7 Å². The highest BCUT2D eigenvalue weighted by atomic mass is 16.5. The van der Waals surface area contributed by atoms with Crippen molar-refractivity contribution < 1.29 is 4.74 Å². The molecule has 0 atom stereocenters. The Morgan fingerprint density at radius 2 is 1.86 bits per heavy atom. The van der Waals surface area contributed by atoms with Gasteiger partial charge in [0.15, 0.2) is 0 Å². The lowest BCUT2D eigenvalue weighted by Crippen LogP contribution is -2.11. The van der Waals surface area contributed by atoms with E-state index in [0.717, 1.165) is 16.7 Å². The Hall–Kier alpha value is -2.81. The number of ether oxygens (including phenoxy) is 1. The van der Waals surface area contributed by atoms with Crippen molar-refractivity contribution >= 4 is 10.9 Å². The summed E-state index contributed by atoms with van der Waals surface area (Å²) >= 11 is 0. The Bertz CT molecular complexity index is 835. The van der Waals surface area contributed by atoms with Crippen LogP contribution in [0.1, 0.15) is 5.56 Å². The summed E-state index contributed by atoms with van der Waals surface area (Å²) in [5, 5.41) is 0.979. The van der Waals surface area contributed by atoms with Crippen molar-refractivity contribution in [1.82, 2.24) is 4.98 Å². The monoisotopic (exact) mass is 277 g/mol. The molecule has 0 fully saturated rings. The molecule has 3 nitrogen and oxygen atoms in total. The Balaban J connectivity index is 1.98. The highest BCUT2D eigenvalue weighted by Crippen LogP contribution is 2.24. The van der Waals surface area contributed by atoms with Crippen LogP contribution < -0.4 is 10.3 Å². The molecular formula is C18H15NO2. The molecule has 3 heteroatoms. The molecule has 0 aliphatic heterocycles. The zero-order valence-corrected chi connectivity index (χ0v) is 11.5. The van der Waals surface area contributed by atoms with Crippen LogP contribution >= 0.6 is 0 Å². The third-order valence-corrected chi connectivity index (χ3v) is 3.24. The van der Waals surface area contributed by atoms with Gasteiger partial charge in [-0.1, -0.05) is 24.3 Å². The number of nitrogens with one attached hydrogen (secondary N) is 1. The standard InChI is InChI=1S/C18H15NO2/c1-2-6-14-11-13-9-10-16(12-17(13)19-18(14)20)21-15-7-4-3-5-8-15/h2-5,7-12H,1,6H2,(H,19,20). The van der Waals surface area contributed by atoms with E-state index in [-0.39, 0.29) is 5.56 Å². The molecule has 2 aromatic carbocycles. The quantitative estimate of drug-likeness (QED) is 0.731. The number of fused-ring (bicyclic) bond motifs is 1. The van der Waals surface area contributed by atoms with E-state index in [9.17, 15) is 4.79 Å². The predicted octanol–water partition coefficient (Wildman–Crippen LogP) is 4.05. The molecule has 3 rings (SSSR count). The van der Waals surface area contributed by atoms with Crippen LogP contribution in [0.3, 0.4) is 0 Å². The van der Waals surface area contributed by atoms with Crippen LogP contribution in [0.4, 0.5) is 0 Å². The third kappa shape index (κ3) is 2.87. The number of para-hydroxylation sites is 1. The number of hydrogen-bond donors (Lipinski definition) is 1. The maximum absolute atomic E-state index is 11.9. The summed E-state index contributed by atoms with van der Waals surface area (Å²) in [7, 11) is 0. The summed E-state index contributed by atoms with van der Waals surface area (Å²) in [4.78, 5) is 14.8. The van der Waals surface area contributed by atoms with Crippen molar-refractivity contribution in [3.63, 3.8) is 0 Å². The number of rotatable bonds is 4. The van der Waals surface area contributed by atoms with Crippen molar-refractivity contribution in [1.29, 1.82) is 0 Å². The van der Waals surface area contributed by atoms with Gasteiger partial charge in [-0.25, -0.2) is 0 Å². The first kappa shape index (κ1) is 13.2. The number of aromatic amines is 1. The third-order valence-electron chi connectivity index (χ3n) is 3.24. The van der Waals surface area contributed by atoms with Gasteiger partial charge in [-0.05, 0) is 42.1 Å². The van der Waals surface area contributed by atoms with Crippen LogP contribution in [0.2, 0.25) is 0 Å². The number of allylic oxidation sites excluding steroid dienone is 1. The van der Waals surface area contributed by atoms with E-state index in [1.807, 2.05) is 54.6 Å². The van der Waals surface area contributed by atoms with Crippen LogP contribution in [-0.4, -0.2) is 4.98 Å². The Morgan fingerprint density at radius 1 is 1.05 bits per heavy atom. The first-order valence-corrected chi connectivity index (χ1v) is 6.76.